The summed E-state index contributed by atoms with van der Waals surface area (Å²) in [5.41, 5.74) is 0.519. The number of carbonyl (C=O) groups excluding carboxylic acids is 1. The summed E-state index contributed by atoms with van der Waals surface area (Å²) in [5, 5.41) is 15.2. The lowest BCUT2D eigenvalue weighted by molar-refractivity contribution is -0.142. The van der Waals surface area contributed by atoms with Gasteiger partial charge in [-0.05, 0) is 48.4 Å². The number of thiazole rings is 1. The molecule has 1 amide bonds. The minimum Gasteiger partial charge on any atom is -0.481 e. The average Bonchev–Trinajstić information content (AvgIpc) is 3.12. The molecule has 1 aromatic carbocycles. The Labute approximate surface area is 186 Å². The molecule has 0 saturated carbocycles. The lowest BCUT2D eigenvalue weighted by atomic mass is 9.86. The number of hydrogen-bond donors (Lipinski definition) is 2. The second-order valence-corrected chi connectivity index (χ2v) is 11.5. The molecule has 0 aliphatic heterocycles. The summed E-state index contributed by atoms with van der Waals surface area (Å²) in [6, 6.07) is 3.04. The normalized spacial score (nSPS) is 14.0. The van der Waals surface area contributed by atoms with Gasteiger partial charge in [-0.3, -0.25) is 9.59 Å². The topological polar surface area (TPSA) is 123 Å². The predicted molar refractivity (Wildman–Crippen MR) is 119 cm³/mol. The van der Waals surface area contributed by atoms with E-state index in [1.807, 2.05) is 27.7 Å². The number of nitrogens with two attached hydrogens (primary N) is 1. The summed E-state index contributed by atoms with van der Waals surface area (Å²) in [6.45, 7) is 10.5. The molecule has 1 heterocycles. The van der Waals surface area contributed by atoms with Crippen LogP contribution in [0.25, 0.3) is 0 Å². The Morgan fingerprint density at radius 2 is 1.87 bits per heavy atom. The summed E-state index contributed by atoms with van der Waals surface area (Å²) in [4.78, 5) is 28.4. The Morgan fingerprint density at radius 1 is 1.26 bits per heavy atom. The third kappa shape index (κ3) is 5.36. The first kappa shape index (κ1) is 25.1. The van der Waals surface area contributed by atoms with Crippen LogP contribution in [0.5, 0.6) is 0 Å². The predicted octanol–water partition coefficient (Wildman–Crippen LogP) is 4.36. The van der Waals surface area contributed by atoms with E-state index >= 15 is 0 Å². The maximum absolute atomic E-state index is 14.5. The molecule has 0 saturated heterocycles. The number of carboxylic acid groups (broad SMARTS) is 1. The largest absolute Gasteiger partial charge is 0.481 e. The van der Waals surface area contributed by atoms with Gasteiger partial charge >= 0.3 is 5.97 Å². The highest BCUT2D eigenvalue weighted by Crippen LogP contribution is 2.32. The zero-order valence-corrected chi connectivity index (χ0v) is 20.1. The zero-order chi connectivity index (χ0) is 23.7. The second kappa shape index (κ2) is 9.13. The highest BCUT2D eigenvalue weighted by atomic mass is 32.2. The van der Waals surface area contributed by atoms with Crippen LogP contribution < -0.4 is 5.14 Å². The Kier molecular flexibility index (Phi) is 7.39. The average molecular weight is 470 g/mol. The van der Waals surface area contributed by atoms with Gasteiger partial charge in [0.25, 0.3) is 5.91 Å². The molecule has 3 N–H and O–H groups in total. The van der Waals surface area contributed by atoms with Gasteiger partial charge in [-0.15, -0.1) is 15.7 Å². The summed E-state index contributed by atoms with van der Waals surface area (Å²) < 4.78 is 31.0. The van der Waals surface area contributed by atoms with Gasteiger partial charge in [0.05, 0.1) is 11.8 Å². The molecular weight excluding hydrogens is 441 g/mol. The Morgan fingerprint density at radius 3 is 2.39 bits per heavy atom. The highest BCUT2D eigenvalue weighted by Gasteiger charge is 2.33. The van der Waals surface area contributed by atoms with Crippen molar-refractivity contribution in [2.75, 3.05) is 0 Å². The van der Waals surface area contributed by atoms with Crippen molar-refractivity contribution in [3.05, 3.63) is 45.7 Å². The summed E-state index contributed by atoms with van der Waals surface area (Å²) in [6.07, 6.45) is 1.03. The van der Waals surface area contributed by atoms with Crippen LogP contribution in [0.4, 0.5) is 4.39 Å². The number of carbonyl (C=O) groups is 2. The van der Waals surface area contributed by atoms with Crippen LogP contribution in [0, 0.1) is 5.82 Å². The lowest BCUT2D eigenvalue weighted by Crippen LogP contribution is -2.27. The number of aliphatic carboxylic acids is 1. The smallest absolute Gasteiger partial charge is 0.314 e. The SMILES string of the molecule is CC(C)c1ccc(F)c(C(C)C)c1CC(=O)N=S(N)(=O)c1ncc(C(C)(C)C(=O)O)s1. The first-order chi connectivity index (χ1) is 14.2. The monoisotopic (exact) mass is 469 g/mol. The minimum absolute atomic E-state index is 0.0444. The van der Waals surface area contributed by atoms with Crippen LogP contribution in [-0.2, 0) is 31.3 Å². The Hall–Kier alpha value is -2.17. The first-order valence-electron chi connectivity index (χ1n) is 9.77. The van der Waals surface area contributed by atoms with E-state index in [2.05, 4.69) is 9.35 Å². The summed E-state index contributed by atoms with van der Waals surface area (Å²) >= 11 is 0.844. The van der Waals surface area contributed by atoms with Crippen LogP contribution in [0.2, 0.25) is 0 Å². The minimum atomic E-state index is -3.67. The maximum atomic E-state index is 14.5. The number of aromatic nitrogens is 1. The maximum Gasteiger partial charge on any atom is 0.314 e. The molecule has 0 bridgehead atoms. The van der Waals surface area contributed by atoms with E-state index in [1.165, 1.54) is 26.1 Å². The molecule has 170 valence electrons. The number of benzene rings is 1. The molecule has 0 aliphatic rings. The van der Waals surface area contributed by atoms with Crippen LogP contribution in [0.15, 0.2) is 27.0 Å². The van der Waals surface area contributed by atoms with Crippen LogP contribution in [0.1, 0.15) is 74.9 Å². The number of halogens is 1. The van der Waals surface area contributed by atoms with Gasteiger partial charge in [-0.2, -0.15) is 0 Å². The van der Waals surface area contributed by atoms with Crippen molar-refractivity contribution in [3.8, 4) is 0 Å². The van der Waals surface area contributed by atoms with Gasteiger partial charge in [0.2, 0.25) is 4.34 Å². The van der Waals surface area contributed by atoms with E-state index in [-0.39, 0.29) is 22.6 Å². The van der Waals surface area contributed by atoms with Crippen LogP contribution in [0.3, 0.4) is 0 Å². The highest BCUT2D eigenvalue weighted by molar-refractivity contribution is 7.93. The lowest BCUT2D eigenvalue weighted by Gasteiger charge is -2.19. The van der Waals surface area contributed by atoms with Crippen molar-refractivity contribution in [2.24, 2.45) is 9.50 Å². The van der Waals surface area contributed by atoms with Crippen LogP contribution in [-0.4, -0.2) is 26.2 Å². The van der Waals surface area contributed by atoms with Gasteiger partial charge in [-0.1, -0.05) is 33.8 Å². The van der Waals surface area contributed by atoms with Gasteiger partial charge in [0.15, 0.2) is 9.92 Å². The summed E-state index contributed by atoms with van der Waals surface area (Å²) in [5.74, 6) is -2.36. The molecule has 1 unspecified atom stereocenters. The quantitative estimate of drug-likeness (QED) is 0.624. The molecule has 1 aromatic heterocycles. The third-order valence-corrected chi connectivity index (χ3v) is 8.15. The van der Waals surface area contributed by atoms with E-state index in [0.29, 0.717) is 16.0 Å². The zero-order valence-electron chi connectivity index (χ0n) is 18.4. The van der Waals surface area contributed by atoms with Crippen molar-refractivity contribution in [3.63, 3.8) is 0 Å². The van der Waals surface area contributed by atoms with E-state index in [0.717, 1.165) is 16.9 Å². The molecule has 2 aromatic rings. The molecule has 31 heavy (non-hydrogen) atoms. The standard InChI is InChI=1S/C21H28FN3O4S2/c1-11(2)13-7-8-15(22)18(12(3)4)14(13)9-17(26)25-31(23,29)20-24-10-16(30-20)21(5,6)19(27)28/h7-8,10-12H,9H2,1-6H3,(H,27,28)(H2,23,25,26,29). The molecule has 1 atom stereocenters. The first-order valence-corrected chi connectivity index (χ1v) is 12.2. The Balaban J connectivity index is 2.46. The molecule has 0 aliphatic carbocycles. The van der Waals surface area contributed by atoms with Crippen molar-refractivity contribution < 1.29 is 23.3 Å². The van der Waals surface area contributed by atoms with Crippen LogP contribution >= 0.6 is 11.3 Å². The number of hydrogen-bond acceptors (Lipinski definition) is 5. The van der Waals surface area contributed by atoms with Crippen molar-refractivity contribution in [1.82, 2.24) is 4.98 Å². The molecule has 0 spiro atoms. The summed E-state index contributed by atoms with van der Waals surface area (Å²) in [7, 11) is -3.67. The van der Waals surface area contributed by atoms with Crippen molar-refractivity contribution in [2.45, 2.75) is 69.6 Å². The number of nitrogens with zero attached hydrogens (tertiary/aromatic N) is 2. The van der Waals surface area contributed by atoms with E-state index in [9.17, 15) is 23.3 Å². The fourth-order valence-electron chi connectivity index (χ4n) is 3.18. The molecule has 2 rings (SSSR count). The molecule has 7 nitrogen and oxygen atoms in total. The second-order valence-electron chi connectivity index (χ2n) is 8.49. The fourth-order valence-corrected chi connectivity index (χ4v) is 5.43. The number of carboxylic acids is 1. The molecule has 10 heteroatoms. The van der Waals surface area contributed by atoms with Gasteiger partial charge in [0.1, 0.15) is 5.82 Å². The van der Waals surface area contributed by atoms with E-state index < -0.39 is 33.0 Å². The molecule has 0 fully saturated rings. The molecular formula is C21H28FN3O4S2. The van der Waals surface area contributed by atoms with Gasteiger partial charge < -0.3 is 5.11 Å². The number of amides is 1. The van der Waals surface area contributed by atoms with E-state index in [4.69, 9.17) is 5.14 Å². The van der Waals surface area contributed by atoms with Crippen molar-refractivity contribution >= 4 is 33.1 Å². The van der Waals surface area contributed by atoms with Crippen molar-refractivity contribution in [1.29, 1.82) is 0 Å². The third-order valence-electron chi connectivity index (χ3n) is 4.99. The van der Waals surface area contributed by atoms with E-state index in [1.54, 1.807) is 6.07 Å². The van der Waals surface area contributed by atoms with Gasteiger partial charge in [-0.25, -0.2) is 18.7 Å². The Bertz CT molecular complexity index is 1130. The fraction of sp³-hybridized carbons (Fsp3) is 0.476. The number of rotatable bonds is 7. The molecule has 0 radical (unpaired) electrons. The van der Waals surface area contributed by atoms with Gasteiger partial charge in [0, 0.05) is 11.1 Å².